The van der Waals surface area contributed by atoms with Crippen LogP contribution in [-0.2, 0) is 6.42 Å². The summed E-state index contributed by atoms with van der Waals surface area (Å²) in [6.07, 6.45) is 3.30. The summed E-state index contributed by atoms with van der Waals surface area (Å²) in [7, 11) is 0. The van der Waals surface area contributed by atoms with Crippen molar-refractivity contribution in [2.24, 2.45) is 0 Å². The van der Waals surface area contributed by atoms with Crippen LogP contribution in [0.4, 0.5) is 0 Å². The van der Waals surface area contributed by atoms with E-state index in [0.717, 1.165) is 12.8 Å². The molecule has 0 saturated heterocycles. The Balaban J connectivity index is 2.69. The normalized spacial score (nSPS) is 12.8. The van der Waals surface area contributed by atoms with Crippen molar-refractivity contribution in [1.29, 1.82) is 0 Å². The zero-order chi connectivity index (χ0) is 9.68. The van der Waals surface area contributed by atoms with Crippen LogP contribution < -0.4 is 0 Å². The zero-order valence-corrected chi connectivity index (χ0v) is 8.72. The van der Waals surface area contributed by atoms with Crippen LogP contribution in [0.5, 0.6) is 0 Å². The maximum Gasteiger partial charge on any atom is -0.0193 e. The smallest absolute Gasteiger partial charge is 0.0193 e. The van der Waals surface area contributed by atoms with Crippen LogP contribution in [0, 0.1) is 6.92 Å². The Morgan fingerprint density at radius 1 is 1.23 bits per heavy atom. The van der Waals surface area contributed by atoms with Crippen molar-refractivity contribution in [2.45, 2.75) is 39.0 Å². The molecule has 1 aromatic rings. The third-order valence-corrected chi connectivity index (χ3v) is 2.63. The molecule has 0 saturated carbocycles. The van der Waals surface area contributed by atoms with Gasteiger partial charge in [0, 0.05) is 0 Å². The summed E-state index contributed by atoms with van der Waals surface area (Å²) in [5, 5.41) is 0. The second-order valence-corrected chi connectivity index (χ2v) is 3.65. The zero-order valence-electron chi connectivity index (χ0n) is 8.72. The molecule has 0 amide bonds. The molecule has 1 radical (unpaired) electrons. The third-order valence-electron chi connectivity index (χ3n) is 2.63. The third kappa shape index (κ3) is 2.87. The van der Waals surface area contributed by atoms with Gasteiger partial charge in [-0.25, -0.2) is 0 Å². The molecule has 1 unspecified atom stereocenters. The Kier molecular flexibility index (Phi) is 4.01. The fourth-order valence-electron chi connectivity index (χ4n) is 1.45. The van der Waals surface area contributed by atoms with Gasteiger partial charge >= 0.3 is 0 Å². The predicted octanol–water partition coefficient (Wildman–Crippen LogP) is 3.97. The van der Waals surface area contributed by atoms with Gasteiger partial charge in [0.25, 0.3) is 0 Å². The Hall–Kier alpha value is -0.780. The molecule has 0 aliphatic rings. The van der Waals surface area contributed by atoms with Crippen molar-refractivity contribution < 1.29 is 0 Å². The molecule has 0 aromatic heterocycles. The van der Waals surface area contributed by atoms with Crippen molar-refractivity contribution in [3.8, 4) is 0 Å². The second kappa shape index (κ2) is 5.06. The maximum absolute atomic E-state index is 3.85. The van der Waals surface area contributed by atoms with E-state index in [4.69, 9.17) is 0 Å². The van der Waals surface area contributed by atoms with Crippen LogP contribution >= 0.6 is 0 Å². The number of aryl methyl sites for hydroxylation is 1. The lowest BCUT2D eigenvalue weighted by molar-refractivity contribution is 0.733. The Morgan fingerprint density at radius 2 is 1.85 bits per heavy atom. The standard InChI is InChI=1S/C13H19/c1-4-6-12-7-9-13(10-8-12)11(3)5-2/h7-11H,1,4-6H2,2-3H3. The van der Waals surface area contributed by atoms with Gasteiger partial charge in [-0.2, -0.15) is 0 Å². The highest BCUT2D eigenvalue weighted by Crippen LogP contribution is 2.18. The van der Waals surface area contributed by atoms with Crippen LogP contribution in [-0.4, -0.2) is 0 Å². The minimum Gasteiger partial charge on any atom is -0.0648 e. The molecule has 1 atom stereocenters. The summed E-state index contributed by atoms with van der Waals surface area (Å²) in [5.41, 5.74) is 2.86. The monoisotopic (exact) mass is 175 g/mol. The molecule has 0 aliphatic heterocycles. The lowest BCUT2D eigenvalue weighted by Gasteiger charge is -2.09. The maximum atomic E-state index is 3.85. The number of benzene rings is 1. The quantitative estimate of drug-likeness (QED) is 0.649. The first kappa shape index (κ1) is 10.3. The average molecular weight is 175 g/mol. The molecule has 13 heavy (non-hydrogen) atoms. The SMILES string of the molecule is [CH2]CCc1ccc(C(C)CC)cc1. The van der Waals surface area contributed by atoms with E-state index in [2.05, 4.69) is 45.0 Å². The molecule has 1 rings (SSSR count). The highest BCUT2D eigenvalue weighted by molar-refractivity contribution is 5.25. The van der Waals surface area contributed by atoms with Crippen molar-refractivity contribution in [2.75, 3.05) is 0 Å². The van der Waals surface area contributed by atoms with Crippen LogP contribution in [0.15, 0.2) is 24.3 Å². The van der Waals surface area contributed by atoms with Gasteiger partial charge in [-0.15, -0.1) is 0 Å². The highest BCUT2D eigenvalue weighted by atomic mass is 14.1. The fourth-order valence-corrected chi connectivity index (χ4v) is 1.45. The van der Waals surface area contributed by atoms with Gasteiger partial charge < -0.3 is 0 Å². The van der Waals surface area contributed by atoms with Gasteiger partial charge in [-0.05, 0) is 36.3 Å². The van der Waals surface area contributed by atoms with E-state index in [0.29, 0.717) is 5.92 Å². The van der Waals surface area contributed by atoms with E-state index in [1.54, 1.807) is 0 Å². The molecule has 0 spiro atoms. The molecule has 0 fully saturated rings. The lowest BCUT2D eigenvalue weighted by Crippen LogP contribution is -1.91. The van der Waals surface area contributed by atoms with Gasteiger partial charge in [-0.3, -0.25) is 0 Å². The van der Waals surface area contributed by atoms with Gasteiger partial charge in [0.2, 0.25) is 0 Å². The van der Waals surface area contributed by atoms with E-state index in [1.165, 1.54) is 17.5 Å². The first-order valence-corrected chi connectivity index (χ1v) is 5.16. The second-order valence-electron chi connectivity index (χ2n) is 3.65. The average Bonchev–Trinajstić information content (AvgIpc) is 2.18. The molecule has 0 heterocycles. The first-order chi connectivity index (χ1) is 6.27. The summed E-state index contributed by atoms with van der Waals surface area (Å²) < 4.78 is 0. The Labute approximate surface area is 82.0 Å². The van der Waals surface area contributed by atoms with Gasteiger partial charge in [0.15, 0.2) is 0 Å². The minimum absolute atomic E-state index is 0.689. The molecular weight excluding hydrogens is 156 g/mol. The van der Waals surface area contributed by atoms with E-state index >= 15 is 0 Å². The fraction of sp³-hybridized carbons (Fsp3) is 0.462. The highest BCUT2D eigenvalue weighted by Gasteiger charge is 2.01. The number of rotatable bonds is 4. The van der Waals surface area contributed by atoms with E-state index < -0.39 is 0 Å². The van der Waals surface area contributed by atoms with Crippen LogP contribution in [0.2, 0.25) is 0 Å². The first-order valence-electron chi connectivity index (χ1n) is 5.16. The van der Waals surface area contributed by atoms with Crippen LogP contribution in [0.1, 0.15) is 43.7 Å². The van der Waals surface area contributed by atoms with E-state index in [-0.39, 0.29) is 0 Å². The molecule has 0 nitrogen and oxygen atoms in total. The molecule has 0 N–H and O–H groups in total. The molecule has 0 bridgehead atoms. The lowest BCUT2D eigenvalue weighted by atomic mass is 9.97. The van der Waals surface area contributed by atoms with Gasteiger partial charge in [0.05, 0.1) is 0 Å². The summed E-state index contributed by atoms with van der Waals surface area (Å²) in [6.45, 7) is 8.36. The van der Waals surface area contributed by atoms with E-state index in [1.807, 2.05) is 0 Å². The van der Waals surface area contributed by atoms with Crippen molar-refractivity contribution >= 4 is 0 Å². The van der Waals surface area contributed by atoms with Gasteiger partial charge in [-0.1, -0.05) is 45.0 Å². The van der Waals surface area contributed by atoms with Crippen molar-refractivity contribution in [3.05, 3.63) is 42.3 Å². The van der Waals surface area contributed by atoms with Crippen molar-refractivity contribution in [3.63, 3.8) is 0 Å². The molecule has 0 heteroatoms. The summed E-state index contributed by atoms with van der Waals surface area (Å²) in [6, 6.07) is 8.96. The summed E-state index contributed by atoms with van der Waals surface area (Å²) in [4.78, 5) is 0. The predicted molar refractivity (Wildman–Crippen MR) is 58.8 cm³/mol. The Morgan fingerprint density at radius 3 is 2.31 bits per heavy atom. The van der Waals surface area contributed by atoms with Crippen molar-refractivity contribution in [1.82, 2.24) is 0 Å². The molecular formula is C13H19. The number of hydrogen-bond donors (Lipinski definition) is 0. The Bertz CT molecular complexity index is 233. The largest absolute Gasteiger partial charge is 0.0648 e. The summed E-state index contributed by atoms with van der Waals surface area (Å²) in [5.74, 6) is 0.689. The number of hydrogen-bond acceptors (Lipinski definition) is 0. The summed E-state index contributed by atoms with van der Waals surface area (Å²) >= 11 is 0. The minimum atomic E-state index is 0.689. The topological polar surface area (TPSA) is 0 Å². The van der Waals surface area contributed by atoms with Crippen LogP contribution in [0.25, 0.3) is 0 Å². The molecule has 1 aromatic carbocycles. The van der Waals surface area contributed by atoms with Gasteiger partial charge in [0.1, 0.15) is 0 Å². The van der Waals surface area contributed by atoms with E-state index in [9.17, 15) is 0 Å². The molecule has 0 aliphatic carbocycles. The molecule has 71 valence electrons. The van der Waals surface area contributed by atoms with Crippen LogP contribution in [0.3, 0.4) is 0 Å².